The smallest absolute Gasteiger partial charge is 0.0471 e. The van der Waals surface area contributed by atoms with Gasteiger partial charge in [0.2, 0.25) is 0 Å². The zero-order chi connectivity index (χ0) is 13.1. The van der Waals surface area contributed by atoms with Crippen LogP contribution in [0.1, 0.15) is 18.5 Å². The first-order valence-electron chi connectivity index (χ1n) is 6.79. The Morgan fingerprint density at radius 2 is 1.94 bits per heavy atom. The molecule has 0 aromatic heterocycles. The minimum atomic E-state index is 0.360. The van der Waals surface area contributed by atoms with Crippen molar-refractivity contribution in [3.8, 4) is 0 Å². The van der Waals surface area contributed by atoms with Gasteiger partial charge in [-0.3, -0.25) is 4.90 Å². The molecule has 2 N–H and O–H groups in total. The highest BCUT2D eigenvalue weighted by atomic mass is 15.3. The van der Waals surface area contributed by atoms with Crippen LogP contribution in [0.2, 0.25) is 0 Å². The number of hydrogen-bond donors (Lipinski definition) is 1. The topological polar surface area (TPSA) is 32.5 Å². The van der Waals surface area contributed by atoms with E-state index in [0.29, 0.717) is 24.5 Å². The van der Waals surface area contributed by atoms with E-state index in [1.807, 2.05) is 0 Å². The van der Waals surface area contributed by atoms with E-state index in [1.54, 1.807) is 0 Å². The average molecular weight is 247 g/mol. The molecule has 3 nitrogen and oxygen atoms in total. The van der Waals surface area contributed by atoms with E-state index in [4.69, 9.17) is 5.73 Å². The molecule has 0 aliphatic carbocycles. The number of nitrogens with two attached hydrogens (primary N) is 1. The van der Waals surface area contributed by atoms with Gasteiger partial charge in [0.1, 0.15) is 0 Å². The van der Waals surface area contributed by atoms with Crippen molar-refractivity contribution in [2.45, 2.75) is 19.0 Å². The molecule has 1 heterocycles. The number of nitrogens with zero attached hydrogens (tertiary/aromatic N) is 2. The van der Waals surface area contributed by atoms with E-state index in [-0.39, 0.29) is 0 Å². The Morgan fingerprint density at radius 1 is 1.28 bits per heavy atom. The van der Waals surface area contributed by atoms with Crippen LogP contribution < -0.4 is 5.73 Å². The zero-order valence-electron chi connectivity index (χ0n) is 11.7. The van der Waals surface area contributed by atoms with Crippen LogP contribution in [-0.4, -0.2) is 49.6 Å². The third kappa shape index (κ3) is 2.74. The third-order valence-corrected chi connectivity index (χ3v) is 4.11. The van der Waals surface area contributed by atoms with Gasteiger partial charge in [-0.15, -0.1) is 0 Å². The molecule has 0 saturated carbocycles. The van der Waals surface area contributed by atoms with E-state index >= 15 is 0 Å². The summed E-state index contributed by atoms with van der Waals surface area (Å²) in [5.74, 6) is 0.706. The Balaban J connectivity index is 2.11. The molecule has 3 heteroatoms. The van der Waals surface area contributed by atoms with Crippen molar-refractivity contribution in [2.75, 3.05) is 33.7 Å². The van der Waals surface area contributed by atoms with Gasteiger partial charge < -0.3 is 10.6 Å². The highest BCUT2D eigenvalue weighted by Crippen LogP contribution is 2.28. The molecule has 0 bridgehead atoms. The second kappa shape index (κ2) is 5.83. The average Bonchev–Trinajstić information content (AvgIpc) is 2.74. The molecule has 1 aromatic rings. The summed E-state index contributed by atoms with van der Waals surface area (Å²) in [6.07, 6.45) is 0. The Labute approximate surface area is 111 Å². The van der Waals surface area contributed by atoms with Crippen molar-refractivity contribution in [3.63, 3.8) is 0 Å². The summed E-state index contributed by atoms with van der Waals surface area (Å²) < 4.78 is 0. The Kier molecular flexibility index (Phi) is 4.38. The van der Waals surface area contributed by atoms with Crippen LogP contribution in [0.5, 0.6) is 0 Å². The largest absolute Gasteiger partial charge is 0.329 e. The molecular formula is C15H25N3. The minimum absolute atomic E-state index is 0.360. The van der Waals surface area contributed by atoms with Crippen LogP contribution in [-0.2, 0) is 0 Å². The summed E-state index contributed by atoms with van der Waals surface area (Å²) in [4.78, 5) is 4.87. The Bertz CT molecular complexity index is 363. The fourth-order valence-electron chi connectivity index (χ4n) is 3.08. The first kappa shape index (κ1) is 13.5. The normalized spacial score (nSPS) is 26.7. The van der Waals surface area contributed by atoms with Gasteiger partial charge in [-0.2, -0.15) is 0 Å². The van der Waals surface area contributed by atoms with Crippen molar-refractivity contribution in [1.82, 2.24) is 9.80 Å². The summed E-state index contributed by atoms with van der Waals surface area (Å²) in [6, 6.07) is 11.6. The number of likely N-dealkylation sites (N-methyl/N-ethyl adjacent to an activating group) is 1. The highest BCUT2D eigenvalue weighted by molar-refractivity contribution is 5.20. The van der Waals surface area contributed by atoms with Gasteiger partial charge in [0.25, 0.3) is 0 Å². The van der Waals surface area contributed by atoms with Crippen molar-refractivity contribution < 1.29 is 0 Å². The summed E-state index contributed by atoms with van der Waals surface area (Å²) in [7, 11) is 4.34. The molecular weight excluding hydrogens is 222 g/mol. The summed E-state index contributed by atoms with van der Waals surface area (Å²) in [5, 5.41) is 0. The van der Waals surface area contributed by atoms with Gasteiger partial charge in [0.05, 0.1) is 0 Å². The number of hydrogen-bond acceptors (Lipinski definition) is 3. The second-order valence-corrected chi connectivity index (χ2v) is 5.62. The monoisotopic (exact) mass is 247 g/mol. The second-order valence-electron chi connectivity index (χ2n) is 5.62. The van der Waals surface area contributed by atoms with Gasteiger partial charge in [0, 0.05) is 31.7 Å². The molecule has 1 fully saturated rings. The molecule has 0 radical (unpaired) electrons. The molecule has 1 aliphatic rings. The predicted octanol–water partition coefficient (Wildman–Crippen LogP) is 1.57. The van der Waals surface area contributed by atoms with E-state index in [9.17, 15) is 0 Å². The van der Waals surface area contributed by atoms with Crippen LogP contribution in [0.4, 0.5) is 0 Å². The molecule has 0 spiro atoms. The van der Waals surface area contributed by atoms with Crippen LogP contribution in [0, 0.1) is 5.92 Å². The molecule has 2 rings (SSSR count). The van der Waals surface area contributed by atoms with Crippen LogP contribution >= 0.6 is 0 Å². The highest BCUT2D eigenvalue weighted by Gasteiger charge is 2.34. The van der Waals surface area contributed by atoms with E-state index in [1.165, 1.54) is 5.56 Å². The van der Waals surface area contributed by atoms with Crippen LogP contribution in [0.3, 0.4) is 0 Å². The van der Waals surface area contributed by atoms with Crippen molar-refractivity contribution in [2.24, 2.45) is 11.7 Å². The SMILES string of the molecule is CC1CN(C(CN)c2ccccc2)CC1N(C)C. The molecule has 1 aliphatic heterocycles. The first-order valence-corrected chi connectivity index (χ1v) is 6.79. The Hall–Kier alpha value is -0.900. The van der Waals surface area contributed by atoms with Crippen molar-refractivity contribution in [1.29, 1.82) is 0 Å². The number of likely N-dealkylation sites (tertiary alicyclic amines) is 1. The molecule has 1 saturated heterocycles. The predicted molar refractivity (Wildman–Crippen MR) is 76.4 cm³/mol. The molecule has 3 atom stereocenters. The zero-order valence-corrected chi connectivity index (χ0v) is 11.7. The fraction of sp³-hybridized carbons (Fsp3) is 0.600. The van der Waals surface area contributed by atoms with Crippen LogP contribution in [0.15, 0.2) is 30.3 Å². The van der Waals surface area contributed by atoms with E-state index in [0.717, 1.165) is 13.1 Å². The molecule has 100 valence electrons. The van der Waals surface area contributed by atoms with Gasteiger partial charge in [-0.1, -0.05) is 37.3 Å². The van der Waals surface area contributed by atoms with Gasteiger partial charge in [-0.05, 0) is 25.6 Å². The lowest BCUT2D eigenvalue weighted by atomic mass is 10.1. The molecule has 18 heavy (non-hydrogen) atoms. The molecule has 3 unspecified atom stereocenters. The maximum Gasteiger partial charge on any atom is 0.0471 e. The van der Waals surface area contributed by atoms with Crippen molar-refractivity contribution >= 4 is 0 Å². The van der Waals surface area contributed by atoms with Gasteiger partial charge >= 0.3 is 0 Å². The fourth-order valence-corrected chi connectivity index (χ4v) is 3.08. The van der Waals surface area contributed by atoms with E-state index < -0.39 is 0 Å². The summed E-state index contributed by atoms with van der Waals surface area (Å²) in [5.41, 5.74) is 7.34. The third-order valence-electron chi connectivity index (χ3n) is 4.11. The molecule has 1 aromatic carbocycles. The minimum Gasteiger partial charge on any atom is -0.329 e. The first-order chi connectivity index (χ1) is 8.63. The number of rotatable bonds is 4. The van der Waals surface area contributed by atoms with E-state index in [2.05, 4.69) is 61.2 Å². The lowest BCUT2D eigenvalue weighted by Crippen LogP contribution is -2.36. The number of benzene rings is 1. The Morgan fingerprint density at radius 3 is 2.44 bits per heavy atom. The maximum atomic E-state index is 6.00. The van der Waals surface area contributed by atoms with Gasteiger partial charge in [-0.25, -0.2) is 0 Å². The van der Waals surface area contributed by atoms with Gasteiger partial charge in [0.15, 0.2) is 0 Å². The van der Waals surface area contributed by atoms with Crippen molar-refractivity contribution in [3.05, 3.63) is 35.9 Å². The quantitative estimate of drug-likeness (QED) is 0.876. The maximum absolute atomic E-state index is 6.00. The van der Waals surface area contributed by atoms with Crippen LogP contribution in [0.25, 0.3) is 0 Å². The summed E-state index contributed by atoms with van der Waals surface area (Å²) in [6.45, 7) is 5.28. The standard InChI is InChI=1S/C15H25N3/c1-12-10-18(11-15(12)17(2)3)14(9-16)13-7-5-4-6-8-13/h4-8,12,14-15H,9-11,16H2,1-3H3. The lowest BCUT2D eigenvalue weighted by Gasteiger charge is -2.28. The summed E-state index contributed by atoms with van der Waals surface area (Å²) >= 11 is 0. The molecule has 0 amide bonds. The lowest BCUT2D eigenvalue weighted by molar-refractivity contribution is 0.219.